The van der Waals surface area contributed by atoms with Crippen LogP contribution in [0, 0.1) is 0 Å². The third kappa shape index (κ3) is 3.00. The SMILES string of the molecule is CCOc1cc(/C=N\Nc2nnc3c(n2)[nH]c2ccccc23)ccc1O. The summed E-state index contributed by atoms with van der Waals surface area (Å²) in [6, 6.07) is 12.8. The Hall–Kier alpha value is -3.68. The first-order valence-electron chi connectivity index (χ1n) is 8.10. The van der Waals surface area contributed by atoms with E-state index in [-0.39, 0.29) is 11.7 Å². The molecule has 0 aliphatic carbocycles. The van der Waals surface area contributed by atoms with Gasteiger partial charge in [-0.15, -0.1) is 10.2 Å². The zero-order chi connectivity index (χ0) is 17.9. The zero-order valence-corrected chi connectivity index (χ0v) is 14.0. The highest BCUT2D eigenvalue weighted by atomic mass is 16.5. The number of hydrogen-bond donors (Lipinski definition) is 3. The number of ether oxygens (including phenoxy) is 1. The van der Waals surface area contributed by atoms with Crippen LogP contribution in [0.15, 0.2) is 47.6 Å². The number of rotatable bonds is 5. The lowest BCUT2D eigenvalue weighted by atomic mass is 10.2. The molecule has 0 atom stereocenters. The van der Waals surface area contributed by atoms with Crippen molar-refractivity contribution in [3.05, 3.63) is 48.0 Å². The molecule has 2 heterocycles. The van der Waals surface area contributed by atoms with Crippen LogP contribution in [-0.2, 0) is 0 Å². The van der Waals surface area contributed by atoms with Crippen LogP contribution in [0.4, 0.5) is 5.95 Å². The summed E-state index contributed by atoms with van der Waals surface area (Å²) < 4.78 is 5.35. The van der Waals surface area contributed by atoms with Gasteiger partial charge in [0.15, 0.2) is 17.1 Å². The van der Waals surface area contributed by atoms with Gasteiger partial charge in [-0.2, -0.15) is 10.1 Å². The number of hydrogen-bond acceptors (Lipinski definition) is 7. The molecule has 4 aromatic rings. The maximum absolute atomic E-state index is 9.71. The van der Waals surface area contributed by atoms with Gasteiger partial charge in [-0.05, 0) is 36.8 Å². The van der Waals surface area contributed by atoms with E-state index in [1.54, 1.807) is 24.4 Å². The van der Waals surface area contributed by atoms with Crippen molar-refractivity contribution in [2.75, 3.05) is 12.0 Å². The van der Waals surface area contributed by atoms with Crippen molar-refractivity contribution < 1.29 is 9.84 Å². The predicted molar refractivity (Wildman–Crippen MR) is 99.7 cm³/mol. The maximum atomic E-state index is 9.71. The second-order valence-electron chi connectivity index (χ2n) is 5.53. The molecule has 130 valence electrons. The van der Waals surface area contributed by atoms with Crippen molar-refractivity contribution in [3.63, 3.8) is 0 Å². The van der Waals surface area contributed by atoms with Crippen LogP contribution in [0.2, 0.25) is 0 Å². The molecule has 0 radical (unpaired) electrons. The first-order valence-corrected chi connectivity index (χ1v) is 8.10. The van der Waals surface area contributed by atoms with E-state index in [0.717, 1.165) is 22.0 Å². The van der Waals surface area contributed by atoms with Crippen LogP contribution in [0.3, 0.4) is 0 Å². The number of hydrazone groups is 1. The number of nitrogens with zero attached hydrogens (tertiary/aromatic N) is 4. The molecule has 0 aliphatic heterocycles. The van der Waals surface area contributed by atoms with Crippen LogP contribution >= 0.6 is 0 Å². The number of H-pyrrole nitrogens is 1. The fourth-order valence-corrected chi connectivity index (χ4v) is 2.61. The van der Waals surface area contributed by atoms with E-state index in [4.69, 9.17) is 4.74 Å². The van der Waals surface area contributed by atoms with Gasteiger partial charge in [-0.3, -0.25) is 0 Å². The van der Waals surface area contributed by atoms with E-state index >= 15 is 0 Å². The van der Waals surface area contributed by atoms with Crippen molar-refractivity contribution >= 4 is 34.2 Å². The van der Waals surface area contributed by atoms with Gasteiger partial charge < -0.3 is 14.8 Å². The Morgan fingerprint density at radius 3 is 3.00 bits per heavy atom. The van der Waals surface area contributed by atoms with E-state index in [0.29, 0.717) is 18.0 Å². The van der Waals surface area contributed by atoms with Crippen molar-refractivity contribution in [1.82, 2.24) is 20.2 Å². The number of phenols is 1. The van der Waals surface area contributed by atoms with Crippen molar-refractivity contribution in [3.8, 4) is 11.5 Å². The fraction of sp³-hybridized carbons (Fsp3) is 0.111. The lowest BCUT2D eigenvalue weighted by Gasteiger charge is -2.05. The lowest BCUT2D eigenvalue weighted by molar-refractivity contribution is 0.318. The van der Waals surface area contributed by atoms with Crippen molar-refractivity contribution in [2.24, 2.45) is 5.10 Å². The molecular weight excluding hydrogens is 332 g/mol. The summed E-state index contributed by atoms with van der Waals surface area (Å²) in [6.07, 6.45) is 1.58. The number of anilines is 1. The minimum absolute atomic E-state index is 0.0914. The molecule has 0 aliphatic rings. The van der Waals surface area contributed by atoms with Crippen LogP contribution in [0.1, 0.15) is 12.5 Å². The molecule has 8 heteroatoms. The molecule has 26 heavy (non-hydrogen) atoms. The minimum atomic E-state index is 0.0914. The summed E-state index contributed by atoms with van der Waals surface area (Å²) >= 11 is 0. The molecule has 0 spiro atoms. The highest BCUT2D eigenvalue weighted by molar-refractivity contribution is 6.03. The number of nitrogens with one attached hydrogen (secondary N) is 2. The summed E-state index contributed by atoms with van der Waals surface area (Å²) in [5.74, 6) is 0.784. The molecule has 3 N–H and O–H groups in total. The van der Waals surface area contributed by atoms with Gasteiger partial charge in [-0.1, -0.05) is 18.2 Å². The normalized spacial score (nSPS) is 11.4. The Kier molecular flexibility index (Phi) is 4.06. The third-order valence-corrected chi connectivity index (χ3v) is 3.78. The quantitative estimate of drug-likeness (QED) is 0.378. The Balaban J connectivity index is 1.55. The second kappa shape index (κ2) is 6.67. The van der Waals surface area contributed by atoms with Crippen LogP contribution in [-0.4, -0.2) is 38.1 Å². The van der Waals surface area contributed by atoms with E-state index in [1.807, 2.05) is 31.2 Å². The summed E-state index contributed by atoms with van der Waals surface area (Å²) in [6.45, 7) is 2.32. The van der Waals surface area contributed by atoms with Gasteiger partial charge in [0.25, 0.3) is 5.95 Å². The van der Waals surface area contributed by atoms with Crippen LogP contribution in [0.5, 0.6) is 11.5 Å². The van der Waals surface area contributed by atoms with Gasteiger partial charge in [0.1, 0.15) is 5.52 Å². The first kappa shape index (κ1) is 15.8. The Morgan fingerprint density at radius 2 is 2.12 bits per heavy atom. The van der Waals surface area contributed by atoms with Crippen LogP contribution in [0.25, 0.3) is 22.1 Å². The fourth-order valence-electron chi connectivity index (χ4n) is 2.61. The molecule has 0 amide bonds. The second-order valence-corrected chi connectivity index (χ2v) is 5.53. The molecule has 2 aromatic carbocycles. The van der Waals surface area contributed by atoms with E-state index in [9.17, 15) is 5.11 Å². The van der Waals surface area contributed by atoms with Gasteiger partial charge in [0, 0.05) is 10.9 Å². The largest absolute Gasteiger partial charge is 0.504 e. The maximum Gasteiger partial charge on any atom is 0.265 e. The number of aromatic amines is 1. The average molecular weight is 348 g/mol. The summed E-state index contributed by atoms with van der Waals surface area (Å²) in [5, 5.41) is 23.1. The number of benzene rings is 2. The molecular formula is C18H16N6O2. The number of aromatic hydroxyl groups is 1. The first-order chi connectivity index (χ1) is 12.7. The topological polar surface area (TPSA) is 108 Å². The van der Waals surface area contributed by atoms with Crippen molar-refractivity contribution in [1.29, 1.82) is 0 Å². The van der Waals surface area contributed by atoms with E-state index in [1.165, 1.54) is 0 Å². The molecule has 0 saturated carbocycles. The standard InChI is InChI=1S/C18H16N6O2/c1-2-26-15-9-11(7-8-14(15)25)10-19-23-18-21-17-16(22-24-18)12-5-3-4-6-13(12)20-17/h3-10,25H,2H2,1H3,(H2,20,21,23,24)/b19-10-. The third-order valence-electron chi connectivity index (χ3n) is 3.78. The highest BCUT2D eigenvalue weighted by Crippen LogP contribution is 2.26. The zero-order valence-electron chi connectivity index (χ0n) is 14.0. The molecule has 0 fully saturated rings. The minimum Gasteiger partial charge on any atom is -0.504 e. The number of phenolic OH excluding ortho intramolecular Hbond substituents is 1. The van der Waals surface area contributed by atoms with Crippen LogP contribution < -0.4 is 10.2 Å². The molecule has 2 aromatic heterocycles. The lowest BCUT2D eigenvalue weighted by Crippen LogP contribution is -1.99. The predicted octanol–water partition coefficient (Wildman–Crippen LogP) is 3.06. The summed E-state index contributed by atoms with van der Waals surface area (Å²) in [7, 11) is 0. The van der Waals surface area contributed by atoms with E-state index in [2.05, 4.69) is 30.7 Å². The Morgan fingerprint density at radius 1 is 1.23 bits per heavy atom. The van der Waals surface area contributed by atoms with Crippen molar-refractivity contribution in [2.45, 2.75) is 6.92 Å². The molecule has 0 saturated heterocycles. The van der Waals surface area contributed by atoms with Gasteiger partial charge in [0.05, 0.1) is 12.8 Å². The van der Waals surface area contributed by atoms with E-state index < -0.39 is 0 Å². The van der Waals surface area contributed by atoms with Gasteiger partial charge >= 0.3 is 0 Å². The van der Waals surface area contributed by atoms with Gasteiger partial charge in [-0.25, -0.2) is 5.43 Å². The molecule has 8 nitrogen and oxygen atoms in total. The molecule has 4 rings (SSSR count). The Bertz CT molecular complexity index is 1110. The highest BCUT2D eigenvalue weighted by Gasteiger charge is 2.08. The Labute approximate surface area is 148 Å². The number of para-hydroxylation sites is 1. The summed E-state index contributed by atoms with van der Waals surface area (Å²) in [5.41, 5.74) is 5.83. The summed E-state index contributed by atoms with van der Waals surface area (Å²) in [4.78, 5) is 7.59. The molecule has 0 unspecified atom stereocenters. The monoisotopic (exact) mass is 348 g/mol. The van der Waals surface area contributed by atoms with Gasteiger partial charge in [0.2, 0.25) is 0 Å². The molecule has 0 bridgehead atoms. The number of aromatic nitrogens is 4. The smallest absolute Gasteiger partial charge is 0.265 e. The average Bonchev–Trinajstić information content (AvgIpc) is 3.02. The number of fused-ring (bicyclic) bond motifs is 3.